The molecule has 0 amide bonds. The van der Waals surface area contributed by atoms with E-state index in [1.54, 1.807) is 6.20 Å². The average molecular weight is 279 g/mol. The number of rotatable bonds is 5. The first-order valence-electron chi connectivity index (χ1n) is 6.99. The number of anilines is 1. The lowest BCUT2D eigenvalue weighted by molar-refractivity contribution is -0.144. The van der Waals surface area contributed by atoms with Crippen molar-refractivity contribution in [2.45, 2.75) is 19.9 Å². The molecule has 6 nitrogen and oxygen atoms in total. The highest BCUT2D eigenvalue weighted by Crippen LogP contribution is 2.27. The van der Waals surface area contributed by atoms with Gasteiger partial charge in [0.05, 0.1) is 13.2 Å². The van der Waals surface area contributed by atoms with Gasteiger partial charge in [-0.25, -0.2) is 9.78 Å². The van der Waals surface area contributed by atoms with E-state index in [-0.39, 0.29) is 12.0 Å². The van der Waals surface area contributed by atoms with Gasteiger partial charge in [0.15, 0.2) is 11.6 Å². The summed E-state index contributed by atoms with van der Waals surface area (Å²) in [5, 5.41) is 3.21. The zero-order chi connectivity index (χ0) is 14.4. The maximum absolute atomic E-state index is 12.1. The van der Waals surface area contributed by atoms with E-state index in [1.807, 2.05) is 30.9 Å². The summed E-state index contributed by atoms with van der Waals surface area (Å²) in [5.74, 6) is 1.17. The van der Waals surface area contributed by atoms with Gasteiger partial charge in [0.1, 0.15) is 6.04 Å². The number of carbonyl (C=O) groups excluding carboxylic acids is 1. The molecule has 1 aliphatic heterocycles. The summed E-state index contributed by atoms with van der Waals surface area (Å²) in [6, 6.07) is 3.34. The first-order valence-corrected chi connectivity index (χ1v) is 6.99. The molecule has 1 unspecified atom stereocenters. The fourth-order valence-corrected chi connectivity index (χ4v) is 2.27. The Hall–Kier alpha value is -1.82. The van der Waals surface area contributed by atoms with E-state index in [9.17, 15) is 4.79 Å². The molecule has 1 aromatic heterocycles. The van der Waals surface area contributed by atoms with Crippen molar-refractivity contribution in [3.05, 3.63) is 18.3 Å². The van der Waals surface area contributed by atoms with Crippen LogP contribution in [0.2, 0.25) is 0 Å². The number of esters is 1. The minimum atomic E-state index is -0.363. The van der Waals surface area contributed by atoms with Gasteiger partial charge in [0.25, 0.3) is 0 Å². The minimum Gasteiger partial charge on any atom is -0.490 e. The number of pyridine rings is 1. The molecule has 110 valence electrons. The summed E-state index contributed by atoms with van der Waals surface area (Å²) < 4.78 is 10.7. The highest BCUT2D eigenvalue weighted by Gasteiger charge is 2.32. The lowest BCUT2D eigenvalue weighted by Crippen LogP contribution is -2.56. The predicted octanol–water partition coefficient (Wildman–Crippen LogP) is 0.822. The quantitative estimate of drug-likeness (QED) is 0.805. The first-order chi connectivity index (χ1) is 9.77. The maximum atomic E-state index is 12.1. The Balaban J connectivity index is 2.25. The van der Waals surface area contributed by atoms with Gasteiger partial charge in [0.2, 0.25) is 0 Å². The van der Waals surface area contributed by atoms with Crippen molar-refractivity contribution in [2.24, 2.45) is 0 Å². The van der Waals surface area contributed by atoms with Gasteiger partial charge < -0.3 is 19.7 Å². The van der Waals surface area contributed by atoms with Crippen LogP contribution >= 0.6 is 0 Å². The van der Waals surface area contributed by atoms with Gasteiger partial charge in [-0.1, -0.05) is 0 Å². The number of nitrogens with one attached hydrogen (secondary N) is 1. The average Bonchev–Trinajstić information content (AvgIpc) is 2.48. The molecule has 0 radical (unpaired) electrons. The molecule has 1 saturated heterocycles. The molecule has 1 aliphatic rings. The van der Waals surface area contributed by atoms with Gasteiger partial charge in [-0.2, -0.15) is 0 Å². The van der Waals surface area contributed by atoms with Crippen molar-refractivity contribution >= 4 is 11.8 Å². The van der Waals surface area contributed by atoms with Crippen molar-refractivity contribution in [3.8, 4) is 5.75 Å². The summed E-state index contributed by atoms with van der Waals surface area (Å²) in [6.07, 6.45) is 1.71. The van der Waals surface area contributed by atoms with Crippen molar-refractivity contribution < 1.29 is 14.3 Å². The van der Waals surface area contributed by atoms with Crippen LogP contribution in [0.25, 0.3) is 0 Å². The Labute approximate surface area is 119 Å². The van der Waals surface area contributed by atoms with Crippen LogP contribution < -0.4 is 15.0 Å². The lowest BCUT2D eigenvalue weighted by Gasteiger charge is -2.35. The van der Waals surface area contributed by atoms with Crippen molar-refractivity contribution in [1.29, 1.82) is 0 Å². The van der Waals surface area contributed by atoms with Crippen molar-refractivity contribution in [2.75, 3.05) is 37.7 Å². The van der Waals surface area contributed by atoms with Crippen molar-refractivity contribution in [1.82, 2.24) is 10.3 Å². The molecule has 0 bridgehead atoms. The molecule has 0 saturated carbocycles. The van der Waals surface area contributed by atoms with Gasteiger partial charge in [-0.3, -0.25) is 0 Å². The smallest absolute Gasteiger partial charge is 0.330 e. The Morgan fingerprint density at radius 3 is 3.10 bits per heavy atom. The molecule has 0 spiro atoms. The van der Waals surface area contributed by atoms with Gasteiger partial charge in [0, 0.05) is 25.8 Å². The van der Waals surface area contributed by atoms with E-state index in [4.69, 9.17) is 9.47 Å². The van der Waals surface area contributed by atoms with Crippen LogP contribution in [0.5, 0.6) is 5.75 Å². The van der Waals surface area contributed by atoms with Gasteiger partial charge >= 0.3 is 5.97 Å². The molecular weight excluding hydrogens is 258 g/mol. The molecule has 0 aromatic carbocycles. The summed E-state index contributed by atoms with van der Waals surface area (Å²) in [7, 11) is 0. The zero-order valence-corrected chi connectivity index (χ0v) is 12.0. The summed E-state index contributed by atoms with van der Waals surface area (Å²) >= 11 is 0. The highest BCUT2D eigenvalue weighted by atomic mass is 16.5. The van der Waals surface area contributed by atoms with E-state index in [1.165, 1.54) is 0 Å². The zero-order valence-electron chi connectivity index (χ0n) is 12.0. The number of aromatic nitrogens is 1. The van der Waals surface area contributed by atoms with E-state index >= 15 is 0 Å². The molecule has 1 atom stereocenters. The third kappa shape index (κ3) is 3.19. The van der Waals surface area contributed by atoms with Gasteiger partial charge in [-0.15, -0.1) is 0 Å². The summed E-state index contributed by atoms with van der Waals surface area (Å²) in [5.41, 5.74) is 0. The normalized spacial score (nSPS) is 18.7. The van der Waals surface area contributed by atoms with Crippen molar-refractivity contribution in [3.63, 3.8) is 0 Å². The highest BCUT2D eigenvalue weighted by molar-refractivity contribution is 5.81. The number of hydrogen-bond donors (Lipinski definition) is 1. The van der Waals surface area contributed by atoms with Crippen LogP contribution in [0.15, 0.2) is 18.3 Å². The monoisotopic (exact) mass is 279 g/mol. The van der Waals surface area contributed by atoms with Crippen LogP contribution in [-0.2, 0) is 9.53 Å². The van der Waals surface area contributed by atoms with Gasteiger partial charge in [-0.05, 0) is 26.0 Å². The van der Waals surface area contributed by atoms with Crippen LogP contribution in [0.3, 0.4) is 0 Å². The molecule has 1 aromatic rings. The Kier molecular flexibility index (Phi) is 5.17. The van der Waals surface area contributed by atoms with E-state index in [0.717, 1.165) is 6.54 Å². The fraction of sp³-hybridized carbons (Fsp3) is 0.571. The molecule has 20 heavy (non-hydrogen) atoms. The number of piperazine rings is 1. The van der Waals surface area contributed by atoms with Crippen LogP contribution in [0.1, 0.15) is 13.8 Å². The lowest BCUT2D eigenvalue weighted by atomic mass is 10.2. The van der Waals surface area contributed by atoms with Crippen LogP contribution in [0, 0.1) is 0 Å². The topological polar surface area (TPSA) is 63.7 Å². The summed E-state index contributed by atoms with van der Waals surface area (Å²) in [6.45, 7) is 6.74. The van der Waals surface area contributed by atoms with E-state index in [0.29, 0.717) is 37.9 Å². The SMILES string of the molecule is CCOC(=O)C1CNCCN1c1ncccc1OCC. The second-order valence-corrected chi connectivity index (χ2v) is 4.42. The molecule has 1 N–H and O–H groups in total. The number of carbonyl (C=O) groups is 1. The standard InChI is InChI=1S/C14H21N3O3/c1-3-19-12-6-5-7-16-13(12)17-9-8-15-10-11(17)14(18)20-4-2/h5-7,11,15H,3-4,8-10H2,1-2H3. The Bertz CT molecular complexity index is 453. The second-order valence-electron chi connectivity index (χ2n) is 4.42. The molecular formula is C14H21N3O3. The van der Waals surface area contributed by atoms with E-state index < -0.39 is 0 Å². The van der Waals surface area contributed by atoms with Crippen LogP contribution in [-0.4, -0.2) is 49.8 Å². The third-order valence-corrected chi connectivity index (χ3v) is 3.12. The second kappa shape index (κ2) is 7.09. The predicted molar refractivity (Wildman–Crippen MR) is 76.0 cm³/mol. The third-order valence-electron chi connectivity index (χ3n) is 3.12. The number of hydrogen-bond acceptors (Lipinski definition) is 6. The number of ether oxygens (including phenoxy) is 2. The number of nitrogens with zero attached hydrogens (tertiary/aromatic N) is 2. The molecule has 0 aliphatic carbocycles. The molecule has 2 rings (SSSR count). The maximum Gasteiger partial charge on any atom is 0.330 e. The Morgan fingerprint density at radius 2 is 2.35 bits per heavy atom. The van der Waals surface area contributed by atoms with Crippen LogP contribution in [0.4, 0.5) is 5.82 Å². The molecule has 1 fully saturated rings. The minimum absolute atomic E-state index is 0.229. The summed E-state index contributed by atoms with van der Waals surface area (Å²) in [4.78, 5) is 18.4. The largest absolute Gasteiger partial charge is 0.490 e. The van der Waals surface area contributed by atoms with E-state index in [2.05, 4.69) is 10.3 Å². The molecule has 6 heteroatoms. The first kappa shape index (κ1) is 14.6. The molecule has 2 heterocycles. The Morgan fingerprint density at radius 1 is 1.50 bits per heavy atom. The fourth-order valence-electron chi connectivity index (χ4n) is 2.27.